The third-order valence-corrected chi connectivity index (χ3v) is 8.31. The van der Waals surface area contributed by atoms with Crippen molar-refractivity contribution in [2.24, 2.45) is 0 Å². The molecule has 1 aliphatic rings. The van der Waals surface area contributed by atoms with Gasteiger partial charge in [0.05, 0.1) is 22.1 Å². The Morgan fingerprint density at radius 1 is 1.23 bits per heavy atom. The van der Waals surface area contributed by atoms with E-state index in [9.17, 15) is 4.79 Å². The first kappa shape index (κ1) is 19.9. The van der Waals surface area contributed by atoms with Gasteiger partial charge in [-0.1, -0.05) is 0 Å². The summed E-state index contributed by atoms with van der Waals surface area (Å²) in [6, 6.07) is 2.02. The van der Waals surface area contributed by atoms with Gasteiger partial charge in [0.15, 0.2) is 0 Å². The van der Waals surface area contributed by atoms with Crippen molar-refractivity contribution in [1.82, 2.24) is 20.3 Å². The summed E-state index contributed by atoms with van der Waals surface area (Å²) < 4.78 is 1.15. The smallest absolute Gasteiger partial charge is 0.138 e. The van der Waals surface area contributed by atoms with E-state index in [0.717, 1.165) is 59.7 Å². The average molecular weight is 455 g/mol. The van der Waals surface area contributed by atoms with Crippen molar-refractivity contribution in [1.29, 1.82) is 0 Å². The largest absolute Gasteiger partial charge is 0.312 e. The number of carbonyl (C=O) groups excluding carboxylic acids is 1. The second kappa shape index (κ2) is 9.01. The lowest BCUT2D eigenvalue weighted by atomic mass is 10.00. The Hall–Kier alpha value is -2.00. The van der Waals surface area contributed by atoms with Gasteiger partial charge in [-0.3, -0.25) is 9.78 Å². The number of fused-ring (bicyclic) bond motifs is 2. The number of rotatable bonds is 8. The van der Waals surface area contributed by atoms with Crippen LogP contribution in [0.15, 0.2) is 29.4 Å². The van der Waals surface area contributed by atoms with Crippen LogP contribution in [0.2, 0.25) is 0 Å². The van der Waals surface area contributed by atoms with E-state index in [1.165, 1.54) is 20.9 Å². The molecule has 5 heterocycles. The molecule has 0 bridgehead atoms. The summed E-state index contributed by atoms with van der Waals surface area (Å²) in [4.78, 5) is 28.7. The van der Waals surface area contributed by atoms with Crippen molar-refractivity contribution in [2.75, 3.05) is 6.54 Å². The van der Waals surface area contributed by atoms with Crippen LogP contribution in [0.4, 0.5) is 0 Å². The first-order valence-corrected chi connectivity index (χ1v) is 12.8. The zero-order valence-corrected chi connectivity index (χ0v) is 19.0. The molecule has 154 valence electrons. The van der Waals surface area contributed by atoms with E-state index in [0.29, 0.717) is 18.6 Å². The highest BCUT2D eigenvalue weighted by Gasteiger charge is 2.25. The van der Waals surface area contributed by atoms with Crippen LogP contribution in [0, 0.1) is 0 Å². The van der Waals surface area contributed by atoms with Crippen LogP contribution in [-0.4, -0.2) is 27.3 Å². The first-order chi connectivity index (χ1) is 14.8. The molecular formula is C22H22N4OS3. The third kappa shape index (κ3) is 4.23. The van der Waals surface area contributed by atoms with Gasteiger partial charge in [0.1, 0.15) is 16.3 Å². The van der Waals surface area contributed by atoms with Gasteiger partial charge in [-0.2, -0.15) is 0 Å². The number of carbonyl (C=O) groups is 1. The number of nitrogens with zero attached hydrogens (tertiary/aromatic N) is 3. The van der Waals surface area contributed by atoms with Crippen LogP contribution >= 0.6 is 34.0 Å². The zero-order chi connectivity index (χ0) is 20.3. The van der Waals surface area contributed by atoms with Gasteiger partial charge in [-0.05, 0) is 43.9 Å². The fourth-order valence-corrected chi connectivity index (χ4v) is 6.95. The van der Waals surface area contributed by atoms with Gasteiger partial charge in [0, 0.05) is 46.3 Å². The van der Waals surface area contributed by atoms with Gasteiger partial charge in [-0.25, -0.2) is 9.97 Å². The highest BCUT2D eigenvalue weighted by Crippen LogP contribution is 2.41. The Morgan fingerprint density at radius 3 is 3.07 bits per heavy atom. The molecule has 0 fully saturated rings. The molecule has 8 heteroatoms. The Morgan fingerprint density at radius 2 is 2.20 bits per heavy atom. The van der Waals surface area contributed by atoms with E-state index < -0.39 is 0 Å². The number of unbranched alkanes of at least 4 members (excludes halogenated alkanes) is 1. The van der Waals surface area contributed by atoms with Crippen LogP contribution < -0.4 is 5.32 Å². The summed E-state index contributed by atoms with van der Waals surface area (Å²) in [6.45, 7) is 1.87. The van der Waals surface area contributed by atoms with E-state index in [1.54, 1.807) is 34.0 Å². The van der Waals surface area contributed by atoms with Crippen LogP contribution in [0.1, 0.15) is 40.3 Å². The monoisotopic (exact) mass is 454 g/mol. The molecule has 30 heavy (non-hydrogen) atoms. The average Bonchev–Trinajstić information content (AvgIpc) is 3.48. The zero-order valence-electron chi connectivity index (χ0n) is 16.5. The summed E-state index contributed by atoms with van der Waals surface area (Å²) in [7, 11) is 0. The number of thiophene rings is 1. The van der Waals surface area contributed by atoms with Gasteiger partial charge in [0.2, 0.25) is 0 Å². The number of hydrogen-bond donors (Lipinski definition) is 1. The number of thiazole rings is 2. The normalized spacial score (nSPS) is 13.6. The van der Waals surface area contributed by atoms with Crippen LogP contribution in [0.25, 0.3) is 20.8 Å². The lowest BCUT2D eigenvalue weighted by Crippen LogP contribution is -2.22. The van der Waals surface area contributed by atoms with E-state index in [2.05, 4.69) is 20.7 Å². The van der Waals surface area contributed by atoms with Crippen LogP contribution in [0.3, 0.4) is 0 Å². The van der Waals surface area contributed by atoms with Crippen molar-refractivity contribution in [3.8, 4) is 10.6 Å². The third-order valence-electron chi connectivity index (χ3n) is 5.38. The molecule has 5 rings (SSSR count). The number of pyridine rings is 1. The van der Waals surface area contributed by atoms with Gasteiger partial charge >= 0.3 is 0 Å². The van der Waals surface area contributed by atoms with Crippen molar-refractivity contribution >= 4 is 50.0 Å². The molecule has 4 aromatic heterocycles. The Bertz CT molecular complexity index is 1130. The lowest BCUT2D eigenvalue weighted by Gasteiger charge is -2.13. The molecule has 0 saturated carbocycles. The molecule has 1 N–H and O–H groups in total. The summed E-state index contributed by atoms with van der Waals surface area (Å²) in [5, 5.41) is 6.58. The molecule has 0 unspecified atom stereocenters. The molecular weight excluding hydrogens is 432 g/mol. The van der Waals surface area contributed by atoms with Crippen molar-refractivity contribution < 1.29 is 4.79 Å². The summed E-state index contributed by atoms with van der Waals surface area (Å²) in [6.07, 6.45) is 8.67. The van der Waals surface area contributed by atoms with Crippen molar-refractivity contribution in [3.63, 3.8) is 0 Å². The molecule has 0 aliphatic carbocycles. The van der Waals surface area contributed by atoms with Crippen molar-refractivity contribution in [2.45, 2.75) is 45.1 Å². The standard InChI is InChI=1S/C22H22N4OS3/c27-15(4-2-1-3-14-12-28-13-25-14)9-19-21(16-5-7-24-11-20(16)29-19)22-26-17-10-23-8-6-18(17)30-22/h6,8,10,12-13,24H,1-5,7,9,11H2. The Balaban J connectivity index is 1.34. The molecule has 0 spiro atoms. The summed E-state index contributed by atoms with van der Waals surface area (Å²) in [5.74, 6) is 0.323. The summed E-state index contributed by atoms with van der Waals surface area (Å²) in [5.41, 5.74) is 6.54. The first-order valence-electron chi connectivity index (χ1n) is 10.2. The number of nitrogens with one attached hydrogen (secondary N) is 1. The van der Waals surface area contributed by atoms with Crippen molar-refractivity contribution in [3.05, 3.63) is 50.4 Å². The van der Waals surface area contributed by atoms with E-state index in [-0.39, 0.29) is 0 Å². The molecule has 0 saturated heterocycles. The van der Waals surface area contributed by atoms with E-state index in [1.807, 2.05) is 24.0 Å². The van der Waals surface area contributed by atoms with Crippen LogP contribution in [-0.2, 0) is 30.6 Å². The maximum atomic E-state index is 12.8. The molecule has 0 atom stereocenters. The Kier molecular flexibility index (Phi) is 5.99. The molecule has 1 aliphatic heterocycles. The second-order valence-corrected chi connectivity index (χ2v) is 10.4. The van der Waals surface area contributed by atoms with Gasteiger partial charge in [0.25, 0.3) is 0 Å². The second-order valence-electron chi connectivity index (χ2n) is 7.49. The van der Waals surface area contributed by atoms with E-state index >= 15 is 0 Å². The fourth-order valence-electron chi connectivity index (χ4n) is 3.91. The minimum atomic E-state index is 0.323. The maximum absolute atomic E-state index is 12.8. The SMILES string of the molecule is O=C(CCCCc1cscn1)Cc1sc2c(c1-c1nc3cnccc3s1)CCNC2. The van der Waals surface area contributed by atoms with Gasteiger partial charge < -0.3 is 5.32 Å². The lowest BCUT2D eigenvalue weighted by molar-refractivity contribution is -0.118. The highest BCUT2D eigenvalue weighted by atomic mass is 32.1. The predicted octanol–water partition coefficient (Wildman–Crippen LogP) is 5.05. The minimum absolute atomic E-state index is 0.323. The molecule has 4 aromatic rings. The number of Topliss-reactive ketones (excluding diaryl/α,β-unsaturated/α-hetero) is 1. The predicted molar refractivity (Wildman–Crippen MR) is 125 cm³/mol. The minimum Gasteiger partial charge on any atom is -0.312 e. The number of aromatic nitrogens is 3. The maximum Gasteiger partial charge on any atom is 0.138 e. The number of ketones is 1. The fraction of sp³-hybridized carbons (Fsp3) is 0.364. The number of aryl methyl sites for hydroxylation is 1. The highest BCUT2D eigenvalue weighted by molar-refractivity contribution is 7.22. The molecule has 0 aromatic carbocycles. The van der Waals surface area contributed by atoms with E-state index in [4.69, 9.17) is 4.98 Å². The number of hydrogen-bond acceptors (Lipinski definition) is 8. The summed E-state index contributed by atoms with van der Waals surface area (Å²) >= 11 is 5.13. The van der Waals surface area contributed by atoms with Gasteiger partial charge in [-0.15, -0.1) is 34.0 Å². The molecule has 0 amide bonds. The molecule has 0 radical (unpaired) electrons. The Labute approximate surface area is 187 Å². The molecule has 5 nitrogen and oxygen atoms in total. The topological polar surface area (TPSA) is 67.8 Å². The van der Waals surface area contributed by atoms with Crippen LogP contribution in [0.5, 0.6) is 0 Å². The quantitative estimate of drug-likeness (QED) is 0.378.